The van der Waals surface area contributed by atoms with Gasteiger partial charge in [0.2, 0.25) is 0 Å². The summed E-state index contributed by atoms with van der Waals surface area (Å²) in [6.07, 6.45) is 2.91. The predicted octanol–water partition coefficient (Wildman–Crippen LogP) is 1.90. The van der Waals surface area contributed by atoms with E-state index in [0.717, 1.165) is 49.6 Å². The van der Waals surface area contributed by atoms with Gasteiger partial charge < -0.3 is 10.3 Å². The smallest absolute Gasteiger partial charge is 0.254 e. The van der Waals surface area contributed by atoms with E-state index in [4.69, 9.17) is 5.84 Å². The zero-order chi connectivity index (χ0) is 14.4. The van der Waals surface area contributed by atoms with Gasteiger partial charge in [-0.15, -0.1) is 0 Å². The molecule has 0 saturated carbocycles. The lowest BCUT2D eigenvalue weighted by Gasteiger charge is -2.20. The number of aromatic nitrogens is 1. The van der Waals surface area contributed by atoms with Crippen molar-refractivity contribution in [3.8, 4) is 0 Å². The molecule has 20 heavy (non-hydrogen) atoms. The van der Waals surface area contributed by atoms with Crippen molar-refractivity contribution in [3.63, 3.8) is 0 Å². The van der Waals surface area contributed by atoms with Crippen molar-refractivity contribution >= 4 is 23.5 Å². The number of carbonyl (C=O) groups is 1. The minimum Gasteiger partial charge on any atom is -0.338 e. The fourth-order valence-electron chi connectivity index (χ4n) is 2.30. The monoisotopic (exact) mass is 294 g/mol. The van der Waals surface area contributed by atoms with E-state index in [0.29, 0.717) is 11.4 Å². The molecule has 0 bridgehead atoms. The van der Waals surface area contributed by atoms with Crippen LogP contribution in [0.2, 0.25) is 0 Å². The van der Waals surface area contributed by atoms with Gasteiger partial charge in [0.15, 0.2) is 0 Å². The number of hydrazine groups is 1. The van der Waals surface area contributed by atoms with Gasteiger partial charge in [-0.25, -0.2) is 10.8 Å². The molecular weight excluding hydrogens is 272 g/mol. The maximum absolute atomic E-state index is 12.6. The number of carbonyl (C=O) groups excluding carboxylic acids is 1. The van der Waals surface area contributed by atoms with Crippen LogP contribution in [-0.4, -0.2) is 40.4 Å². The summed E-state index contributed by atoms with van der Waals surface area (Å²) in [5.41, 5.74) is 4.15. The summed E-state index contributed by atoms with van der Waals surface area (Å²) in [7, 11) is 0. The number of anilines is 1. The number of hydrogen-bond acceptors (Lipinski definition) is 5. The third-order valence-electron chi connectivity index (χ3n) is 3.29. The van der Waals surface area contributed by atoms with Gasteiger partial charge in [0.1, 0.15) is 5.82 Å². The van der Waals surface area contributed by atoms with Crippen LogP contribution in [0, 0.1) is 0 Å². The highest BCUT2D eigenvalue weighted by molar-refractivity contribution is 7.99. The van der Waals surface area contributed by atoms with Crippen molar-refractivity contribution < 1.29 is 4.79 Å². The number of thioether (sulfide) groups is 1. The number of hydrogen-bond donors (Lipinski definition) is 2. The molecule has 1 aliphatic rings. The Hall–Kier alpha value is -1.27. The second-order valence-electron chi connectivity index (χ2n) is 4.88. The molecule has 6 heteroatoms. The Morgan fingerprint density at radius 3 is 3.05 bits per heavy atom. The third kappa shape index (κ3) is 3.86. The zero-order valence-electron chi connectivity index (χ0n) is 11.9. The molecule has 1 aliphatic heterocycles. The van der Waals surface area contributed by atoms with Gasteiger partial charge >= 0.3 is 0 Å². The first-order valence-corrected chi connectivity index (χ1v) is 8.24. The molecule has 1 fully saturated rings. The number of rotatable bonds is 4. The van der Waals surface area contributed by atoms with E-state index in [-0.39, 0.29) is 5.91 Å². The van der Waals surface area contributed by atoms with Crippen LogP contribution in [0.15, 0.2) is 12.1 Å². The van der Waals surface area contributed by atoms with Crippen molar-refractivity contribution in [2.24, 2.45) is 5.84 Å². The molecule has 0 radical (unpaired) electrons. The number of nitrogens with zero attached hydrogens (tertiary/aromatic N) is 2. The molecule has 1 amide bonds. The minimum atomic E-state index is 0.0868. The lowest BCUT2D eigenvalue weighted by Crippen LogP contribution is -2.33. The van der Waals surface area contributed by atoms with E-state index in [9.17, 15) is 4.79 Å². The Morgan fingerprint density at radius 2 is 2.30 bits per heavy atom. The maximum atomic E-state index is 12.6. The largest absolute Gasteiger partial charge is 0.338 e. The standard InChI is InChI=1S/C14H22N4OS/c1-2-4-12-9-11(10-13(16-12)17-15)14(19)18-5-3-7-20-8-6-18/h9-10H,2-8,15H2,1H3,(H,16,17). The van der Waals surface area contributed by atoms with E-state index in [1.54, 1.807) is 6.07 Å². The van der Waals surface area contributed by atoms with E-state index < -0.39 is 0 Å². The van der Waals surface area contributed by atoms with Gasteiger partial charge in [-0.3, -0.25) is 4.79 Å². The average Bonchev–Trinajstić information content (AvgIpc) is 2.75. The van der Waals surface area contributed by atoms with E-state index in [1.807, 2.05) is 22.7 Å². The van der Waals surface area contributed by atoms with E-state index >= 15 is 0 Å². The quantitative estimate of drug-likeness (QED) is 0.655. The Kier molecular flexibility index (Phi) is 5.67. The molecule has 1 aromatic heterocycles. The van der Waals surface area contributed by atoms with Crippen LogP contribution < -0.4 is 11.3 Å². The molecule has 1 aromatic rings. The number of nitrogens with one attached hydrogen (secondary N) is 1. The van der Waals surface area contributed by atoms with Gasteiger partial charge in [0.05, 0.1) is 0 Å². The van der Waals surface area contributed by atoms with Crippen LogP contribution in [0.4, 0.5) is 5.82 Å². The molecule has 0 unspecified atom stereocenters. The van der Waals surface area contributed by atoms with Crippen LogP contribution in [0.1, 0.15) is 35.8 Å². The van der Waals surface area contributed by atoms with Crippen LogP contribution in [0.5, 0.6) is 0 Å². The second-order valence-corrected chi connectivity index (χ2v) is 6.11. The molecule has 0 spiro atoms. The summed E-state index contributed by atoms with van der Waals surface area (Å²) in [4.78, 5) is 18.9. The molecule has 0 aliphatic carbocycles. The zero-order valence-corrected chi connectivity index (χ0v) is 12.7. The fraction of sp³-hybridized carbons (Fsp3) is 0.571. The first-order chi connectivity index (χ1) is 9.74. The number of nitrogens with two attached hydrogens (primary N) is 1. The summed E-state index contributed by atoms with van der Waals surface area (Å²) in [6, 6.07) is 3.63. The summed E-state index contributed by atoms with van der Waals surface area (Å²) in [5.74, 6) is 8.24. The number of aryl methyl sites for hydroxylation is 1. The van der Waals surface area contributed by atoms with Gasteiger partial charge in [-0.05, 0) is 30.7 Å². The predicted molar refractivity (Wildman–Crippen MR) is 83.9 cm³/mol. The molecular formula is C14H22N4OS. The summed E-state index contributed by atoms with van der Waals surface area (Å²) in [5, 5.41) is 0. The normalized spacial score (nSPS) is 15.8. The van der Waals surface area contributed by atoms with Crippen molar-refractivity contribution in [2.75, 3.05) is 30.0 Å². The van der Waals surface area contributed by atoms with Gasteiger partial charge in [-0.1, -0.05) is 13.3 Å². The van der Waals surface area contributed by atoms with Crippen molar-refractivity contribution in [1.82, 2.24) is 9.88 Å². The van der Waals surface area contributed by atoms with E-state index in [2.05, 4.69) is 17.3 Å². The van der Waals surface area contributed by atoms with Crippen LogP contribution in [0.3, 0.4) is 0 Å². The summed E-state index contributed by atoms with van der Waals surface area (Å²) < 4.78 is 0. The molecule has 110 valence electrons. The van der Waals surface area contributed by atoms with Crippen molar-refractivity contribution in [2.45, 2.75) is 26.2 Å². The highest BCUT2D eigenvalue weighted by Gasteiger charge is 2.18. The van der Waals surface area contributed by atoms with Crippen LogP contribution in [0.25, 0.3) is 0 Å². The highest BCUT2D eigenvalue weighted by Crippen LogP contribution is 2.16. The Morgan fingerprint density at radius 1 is 1.45 bits per heavy atom. The fourth-order valence-corrected chi connectivity index (χ4v) is 3.19. The van der Waals surface area contributed by atoms with Crippen molar-refractivity contribution in [3.05, 3.63) is 23.4 Å². The Balaban J connectivity index is 2.20. The molecule has 3 N–H and O–H groups in total. The molecule has 0 aromatic carbocycles. The lowest BCUT2D eigenvalue weighted by molar-refractivity contribution is 0.0768. The number of pyridine rings is 1. The van der Waals surface area contributed by atoms with Gasteiger partial charge in [0, 0.05) is 30.1 Å². The second kappa shape index (κ2) is 7.50. The lowest BCUT2D eigenvalue weighted by atomic mass is 10.1. The molecule has 1 saturated heterocycles. The van der Waals surface area contributed by atoms with Gasteiger partial charge in [-0.2, -0.15) is 11.8 Å². The molecule has 0 atom stereocenters. The number of amides is 1. The maximum Gasteiger partial charge on any atom is 0.254 e. The van der Waals surface area contributed by atoms with Crippen LogP contribution in [-0.2, 0) is 6.42 Å². The minimum absolute atomic E-state index is 0.0868. The van der Waals surface area contributed by atoms with Gasteiger partial charge in [0.25, 0.3) is 5.91 Å². The Bertz CT molecular complexity index is 458. The summed E-state index contributed by atoms with van der Waals surface area (Å²) in [6.45, 7) is 3.75. The molecule has 2 rings (SSSR count). The third-order valence-corrected chi connectivity index (χ3v) is 4.34. The van der Waals surface area contributed by atoms with Crippen molar-refractivity contribution in [1.29, 1.82) is 0 Å². The van der Waals surface area contributed by atoms with E-state index in [1.165, 1.54) is 0 Å². The highest BCUT2D eigenvalue weighted by atomic mass is 32.2. The SMILES string of the molecule is CCCc1cc(C(=O)N2CCCSCC2)cc(NN)n1. The Labute approximate surface area is 124 Å². The average molecular weight is 294 g/mol. The molecule has 5 nitrogen and oxygen atoms in total. The number of nitrogen functional groups attached to an aromatic ring is 1. The molecule has 2 heterocycles. The first kappa shape index (κ1) is 15.1. The summed E-state index contributed by atoms with van der Waals surface area (Å²) >= 11 is 1.91. The topological polar surface area (TPSA) is 71.2 Å². The first-order valence-electron chi connectivity index (χ1n) is 7.09. The van der Waals surface area contributed by atoms with Crippen LogP contribution >= 0.6 is 11.8 Å².